The average molecular weight is 326 g/mol. The van der Waals surface area contributed by atoms with E-state index in [0.29, 0.717) is 11.1 Å². The van der Waals surface area contributed by atoms with Crippen LogP contribution in [0.25, 0.3) is 0 Å². The Kier molecular flexibility index (Phi) is 6.13. The molecule has 2 aromatic rings. The molecule has 126 valence electrons. The van der Waals surface area contributed by atoms with Crippen LogP contribution in [0, 0.1) is 5.92 Å². The summed E-state index contributed by atoms with van der Waals surface area (Å²) in [6, 6.07) is 17.5. The summed E-state index contributed by atoms with van der Waals surface area (Å²) >= 11 is 0. The molecule has 2 atom stereocenters. The summed E-state index contributed by atoms with van der Waals surface area (Å²) < 4.78 is 11.1. The lowest BCUT2D eigenvalue weighted by Gasteiger charge is -2.27. The molecule has 4 nitrogen and oxygen atoms in total. The van der Waals surface area contributed by atoms with Gasteiger partial charge >= 0.3 is 11.9 Å². The van der Waals surface area contributed by atoms with Gasteiger partial charge in [-0.1, -0.05) is 50.2 Å². The molecule has 2 rings (SSSR count). The van der Waals surface area contributed by atoms with E-state index in [1.807, 2.05) is 26.0 Å². The van der Waals surface area contributed by atoms with Crippen LogP contribution in [0.3, 0.4) is 0 Å². The van der Waals surface area contributed by atoms with Gasteiger partial charge in [0.05, 0.1) is 11.1 Å². The Morgan fingerprint density at radius 1 is 0.708 bits per heavy atom. The van der Waals surface area contributed by atoms with E-state index < -0.39 is 24.1 Å². The molecule has 0 fully saturated rings. The largest absolute Gasteiger partial charge is 0.455 e. The molecule has 0 saturated heterocycles. The van der Waals surface area contributed by atoms with E-state index in [-0.39, 0.29) is 5.92 Å². The molecule has 4 heteroatoms. The van der Waals surface area contributed by atoms with Crippen LogP contribution in [0.2, 0.25) is 0 Å². The first-order valence-corrected chi connectivity index (χ1v) is 8.01. The molecule has 0 unspecified atom stereocenters. The standard InChI is InChI=1S/C20H22O4/c1-14(2)18(24-20(22)17-12-8-5-9-13-17)15(3)23-19(21)16-10-6-4-7-11-16/h4-15,18H,1-3H3/t15-,18+/m1/s1. The van der Waals surface area contributed by atoms with Crippen molar-refractivity contribution in [3.05, 3.63) is 71.8 Å². The third kappa shape index (κ3) is 4.69. The van der Waals surface area contributed by atoms with Crippen LogP contribution in [0.5, 0.6) is 0 Å². The van der Waals surface area contributed by atoms with Gasteiger partial charge in [-0.15, -0.1) is 0 Å². The van der Waals surface area contributed by atoms with Gasteiger partial charge < -0.3 is 9.47 Å². The first-order chi connectivity index (χ1) is 11.5. The van der Waals surface area contributed by atoms with Crippen molar-refractivity contribution in [3.8, 4) is 0 Å². The van der Waals surface area contributed by atoms with Gasteiger partial charge in [-0.3, -0.25) is 0 Å². The molecule has 0 aliphatic carbocycles. The molecular weight excluding hydrogens is 304 g/mol. The predicted molar refractivity (Wildman–Crippen MR) is 91.8 cm³/mol. The zero-order valence-electron chi connectivity index (χ0n) is 14.1. The molecule has 0 spiro atoms. The van der Waals surface area contributed by atoms with Crippen LogP contribution >= 0.6 is 0 Å². The minimum atomic E-state index is -0.551. The highest BCUT2D eigenvalue weighted by molar-refractivity contribution is 5.90. The van der Waals surface area contributed by atoms with Crippen LogP contribution in [0.4, 0.5) is 0 Å². The summed E-state index contributed by atoms with van der Waals surface area (Å²) in [7, 11) is 0. The van der Waals surface area contributed by atoms with E-state index in [2.05, 4.69) is 0 Å². The maximum Gasteiger partial charge on any atom is 0.338 e. The van der Waals surface area contributed by atoms with Gasteiger partial charge in [-0.2, -0.15) is 0 Å². The third-order valence-corrected chi connectivity index (χ3v) is 3.67. The van der Waals surface area contributed by atoms with Crippen LogP contribution in [-0.4, -0.2) is 24.1 Å². The van der Waals surface area contributed by atoms with E-state index in [9.17, 15) is 9.59 Å². The van der Waals surface area contributed by atoms with Crippen molar-refractivity contribution in [1.29, 1.82) is 0 Å². The van der Waals surface area contributed by atoms with Gasteiger partial charge in [-0.25, -0.2) is 9.59 Å². The second-order valence-corrected chi connectivity index (χ2v) is 5.96. The predicted octanol–water partition coefficient (Wildman–Crippen LogP) is 4.11. The van der Waals surface area contributed by atoms with E-state index in [1.165, 1.54) is 0 Å². The Bertz CT molecular complexity index is 665. The fourth-order valence-electron chi connectivity index (χ4n) is 2.42. The summed E-state index contributed by atoms with van der Waals surface area (Å²) in [4.78, 5) is 24.4. The van der Waals surface area contributed by atoms with Crippen molar-refractivity contribution in [3.63, 3.8) is 0 Å². The maximum atomic E-state index is 12.3. The van der Waals surface area contributed by atoms with E-state index >= 15 is 0 Å². The highest BCUT2D eigenvalue weighted by Crippen LogP contribution is 2.18. The van der Waals surface area contributed by atoms with Crippen LogP contribution in [0.15, 0.2) is 60.7 Å². The Balaban J connectivity index is 2.04. The fourth-order valence-corrected chi connectivity index (χ4v) is 2.42. The molecule has 0 aromatic heterocycles. The number of rotatable bonds is 6. The number of hydrogen-bond donors (Lipinski definition) is 0. The lowest BCUT2D eigenvalue weighted by Crippen LogP contribution is -2.37. The highest BCUT2D eigenvalue weighted by Gasteiger charge is 2.28. The number of carbonyl (C=O) groups excluding carboxylic acids is 2. The van der Waals surface area contributed by atoms with E-state index in [4.69, 9.17) is 9.47 Å². The van der Waals surface area contributed by atoms with Gasteiger partial charge in [-0.05, 0) is 37.1 Å². The monoisotopic (exact) mass is 326 g/mol. The quantitative estimate of drug-likeness (QED) is 0.750. The van der Waals surface area contributed by atoms with Crippen molar-refractivity contribution < 1.29 is 19.1 Å². The first-order valence-electron chi connectivity index (χ1n) is 8.01. The molecule has 0 aliphatic heterocycles. The van der Waals surface area contributed by atoms with Crippen molar-refractivity contribution in [2.45, 2.75) is 33.0 Å². The SMILES string of the molecule is CC(C)[C@H](OC(=O)c1ccccc1)[C@@H](C)OC(=O)c1ccccc1. The molecule has 0 bridgehead atoms. The summed E-state index contributed by atoms with van der Waals surface area (Å²) in [5.41, 5.74) is 0.950. The Morgan fingerprint density at radius 3 is 1.54 bits per heavy atom. The number of esters is 2. The summed E-state index contributed by atoms with van der Waals surface area (Å²) in [5.74, 6) is -0.836. The van der Waals surface area contributed by atoms with Crippen LogP contribution < -0.4 is 0 Å². The lowest BCUT2D eigenvalue weighted by atomic mass is 10.0. The lowest BCUT2D eigenvalue weighted by molar-refractivity contribution is -0.0450. The third-order valence-electron chi connectivity index (χ3n) is 3.67. The summed E-state index contributed by atoms with van der Waals surface area (Å²) in [6.45, 7) is 5.59. The molecule has 0 N–H and O–H groups in total. The number of ether oxygens (including phenoxy) is 2. The van der Waals surface area contributed by atoms with Gasteiger partial charge in [0.2, 0.25) is 0 Å². The van der Waals surface area contributed by atoms with Crippen molar-refractivity contribution in [1.82, 2.24) is 0 Å². The van der Waals surface area contributed by atoms with Crippen LogP contribution in [0.1, 0.15) is 41.5 Å². The molecule has 0 aliphatic rings. The van der Waals surface area contributed by atoms with E-state index in [0.717, 1.165) is 0 Å². The number of carbonyl (C=O) groups is 2. The van der Waals surface area contributed by atoms with Crippen LogP contribution in [-0.2, 0) is 9.47 Å². The smallest absolute Gasteiger partial charge is 0.338 e. The summed E-state index contributed by atoms with van der Waals surface area (Å²) in [5, 5.41) is 0. The van der Waals surface area contributed by atoms with Crippen molar-refractivity contribution >= 4 is 11.9 Å². The fraction of sp³-hybridized carbons (Fsp3) is 0.300. The number of benzene rings is 2. The van der Waals surface area contributed by atoms with E-state index in [1.54, 1.807) is 55.5 Å². The molecule has 2 aromatic carbocycles. The molecule has 0 heterocycles. The minimum absolute atomic E-state index is 0.0104. The van der Waals surface area contributed by atoms with Gasteiger partial charge in [0.25, 0.3) is 0 Å². The first kappa shape index (κ1) is 17.7. The van der Waals surface area contributed by atoms with Gasteiger partial charge in [0.1, 0.15) is 12.2 Å². The second kappa shape index (κ2) is 8.29. The van der Waals surface area contributed by atoms with Gasteiger partial charge in [0.15, 0.2) is 0 Å². The highest BCUT2D eigenvalue weighted by atomic mass is 16.6. The molecular formula is C20H22O4. The Morgan fingerprint density at radius 2 is 1.12 bits per heavy atom. The van der Waals surface area contributed by atoms with Crippen molar-refractivity contribution in [2.75, 3.05) is 0 Å². The number of hydrogen-bond acceptors (Lipinski definition) is 4. The Labute approximate surface area is 142 Å². The average Bonchev–Trinajstić information content (AvgIpc) is 2.60. The molecule has 0 saturated carbocycles. The molecule has 24 heavy (non-hydrogen) atoms. The van der Waals surface area contributed by atoms with Crippen molar-refractivity contribution in [2.24, 2.45) is 5.92 Å². The summed E-state index contributed by atoms with van der Waals surface area (Å²) in [6.07, 6.45) is -1.07. The maximum absolute atomic E-state index is 12.3. The molecule has 0 radical (unpaired) electrons. The zero-order chi connectivity index (χ0) is 17.5. The Hall–Kier alpha value is -2.62. The minimum Gasteiger partial charge on any atom is -0.455 e. The normalized spacial score (nSPS) is 13.2. The topological polar surface area (TPSA) is 52.6 Å². The molecule has 0 amide bonds. The second-order valence-electron chi connectivity index (χ2n) is 5.96. The zero-order valence-corrected chi connectivity index (χ0v) is 14.1. The van der Waals surface area contributed by atoms with Gasteiger partial charge in [0, 0.05) is 0 Å².